The summed E-state index contributed by atoms with van der Waals surface area (Å²) in [6, 6.07) is 7.19. The molecule has 0 aliphatic rings. The Balaban J connectivity index is 2.53. The largest absolute Gasteiger partial charge is 0.494 e. The maximum absolute atomic E-state index is 12.0. The van der Waals surface area contributed by atoms with E-state index in [0.29, 0.717) is 18.8 Å². The second-order valence-electron chi connectivity index (χ2n) is 6.17. The number of carbonyl (C=O) groups excluding carboxylic acids is 1. The van der Waals surface area contributed by atoms with Crippen LogP contribution in [0, 0.1) is 0 Å². The Hall–Kier alpha value is -2.04. The lowest BCUT2D eigenvalue weighted by molar-refractivity contribution is -0.156. The Labute approximate surface area is 131 Å². The van der Waals surface area contributed by atoms with Crippen molar-refractivity contribution in [3.63, 3.8) is 0 Å². The predicted molar refractivity (Wildman–Crippen MR) is 83.1 cm³/mol. The van der Waals surface area contributed by atoms with Gasteiger partial charge in [-0.1, -0.05) is 12.1 Å². The quantitative estimate of drug-likeness (QED) is 0.617. The van der Waals surface area contributed by atoms with E-state index in [9.17, 15) is 9.59 Å². The standard InChI is InChI=1S/C17H24O5/c1-12(16(20)22-17(2,3)4)13-7-9-14(10-8-13)21-11-5-6-15(18)19/h7-10,12H,5-6,11H2,1-4H3,(H,18,19). The second kappa shape index (κ2) is 7.82. The van der Waals surface area contributed by atoms with Crippen molar-refractivity contribution in [2.75, 3.05) is 6.61 Å². The first-order chi connectivity index (χ1) is 10.2. The van der Waals surface area contributed by atoms with Crippen LogP contribution < -0.4 is 4.74 Å². The fourth-order valence-electron chi connectivity index (χ4n) is 1.79. The highest BCUT2D eigenvalue weighted by molar-refractivity contribution is 5.78. The lowest BCUT2D eigenvalue weighted by atomic mass is 10.0. The van der Waals surface area contributed by atoms with Crippen LogP contribution in [0.4, 0.5) is 0 Å². The molecule has 5 heteroatoms. The van der Waals surface area contributed by atoms with Gasteiger partial charge in [-0.15, -0.1) is 0 Å². The summed E-state index contributed by atoms with van der Waals surface area (Å²) < 4.78 is 10.8. The molecule has 0 heterocycles. The van der Waals surface area contributed by atoms with Crippen molar-refractivity contribution in [1.82, 2.24) is 0 Å². The van der Waals surface area contributed by atoms with Crippen LogP contribution in [0.3, 0.4) is 0 Å². The predicted octanol–water partition coefficient (Wildman–Crippen LogP) is 3.38. The van der Waals surface area contributed by atoms with Crippen LogP contribution in [0.15, 0.2) is 24.3 Å². The zero-order valence-electron chi connectivity index (χ0n) is 13.6. The molecule has 0 aliphatic heterocycles. The number of carbonyl (C=O) groups is 2. The van der Waals surface area contributed by atoms with Crippen LogP contribution in [0.25, 0.3) is 0 Å². The molecule has 1 aromatic carbocycles. The molecule has 1 atom stereocenters. The summed E-state index contributed by atoms with van der Waals surface area (Å²) in [6.45, 7) is 7.67. The SMILES string of the molecule is CC(C(=O)OC(C)(C)C)c1ccc(OCCCC(=O)O)cc1. The first kappa shape index (κ1) is 18.0. The lowest BCUT2D eigenvalue weighted by Gasteiger charge is -2.22. The Kier molecular flexibility index (Phi) is 6.40. The van der Waals surface area contributed by atoms with Crippen molar-refractivity contribution in [3.05, 3.63) is 29.8 Å². The number of hydrogen-bond donors (Lipinski definition) is 1. The molecule has 5 nitrogen and oxygen atoms in total. The summed E-state index contributed by atoms with van der Waals surface area (Å²) in [7, 11) is 0. The van der Waals surface area contributed by atoms with Gasteiger partial charge in [0.2, 0.25) is 0 Å². The van der Waals surface area contributed by atoms with Gasteiger partial charge in [0, 0.05) is 6.42 Å². The van der Waals surface area contributed by atoms with Gasteiger partial charge in [0.25, 0.3) is 0 Å². The normalized spacial score (nSPS) is 12.5. The molecule has 1 rings (SSSR count). The summed E-state index contributed by atoms with van der Waals surface area (Å²) in [5, 5.41) is 8.54. The zero-order valence-corrected chi connectivity index (χ0v) is 13.6. The van der Waals surface area contributed by atoms with Crippen LogP contribution in [-0.2, 0) is 14.3 Å². The topological polar surface area (TPSA) is 72.8 Å². The zero-order chi connectivity index (χ0) is 16.8. The van der Waals surface area contributed by atoms with Crippen molar-refractivity contribution >= 4 is 11.9 Å². The molecule has 1 unspecified atom stereocenters. The van der Waals surface area contributed by atoms with Gasteiger partial charge >= 0.3 is 11.9 Å². The van der Waals surface area contributed by atoms with Crippen LogP contribution in [-0.4, -0.2) is 29.3 Å². The molecule has 0 fully saturated rings. The van der Waals surface area contributed by atoms with Crippen LogP contribution in [0.5, 0.6) is 5.75 Å². The molecule has 0 aliphatic carbocycles. The number of aliphatic carboxylic acids is 1. The molecule has 0 aromatic heterocycles. The molecule has 0 spiro atoms. The van der Waals surface area contributed by atoms with E-state index >= 15 is 0 Å². The summed E-state index contributed by atoms with van der Waals surface area (Å²) >= 11 is 0. The molecule has 0 bridgehead atoms. The average Bonchev–Trinajstić information content (AvgIpc) is 2.41. The first-order valence-corrected chi connectivity index (χ1v) is 7.36. The summed E-state index contributed by atoms with van der Waals surface area (Å²) in [5.41, 5.74) is 0.352. The van der Waals surface area contributed by atoms with Crippen LogP contribution in [0.2, 0.25) is 0 Å². The Bertz CT molecular complexity index is 499. The molecule has 0 saturated heterocycles. The molecule has 1 N–H and O–H groups in total. The summed E-state index contributed by atoms with van der Waals surface area (Å²) in [6.07, 6.45) is 0.555. The fourth-order valence-corrected chi connectivity index (χ4v) is 1.79. The van der Waals surface area contributed by atoms with E-state index in [2.05, 4.69) is 0 Å². The smallest absolute Gasteiger partial charge is 0.313 e. The fraction of sp³-hybridized carbons (Fsp3) is 0.529. The van der Waals surface area contributed by atoms with Crippen molar-refractivity contribution in [3.8, 4) is 5.75 Å². The molecular formula is C17H24O5. The molecule has 0 amide bonds. The van der Waals surface area contributed by atoms with Gasteiger partial charge in [-0.2, -0.15) is 0 Å². The van der Waals surface area contributed by atoms with E-state index in [1.54, 1.807) is 19.1 Å². The van der Waals surface area contributed by atoms with Crippen LogP contribution in [0.1, 0.15) is 52.0 Å². The number of carboxylic acid groups (broad SMARTS) is 1. The second-order valence-corrected chi connectivity index (χ2v) is 6.17. The molecule has 0 saturated carbocycles. The van der Waals surface area contributed by atoms with Gasteiger partial charge in [0.15, 0.2) is 0 Å². The van der Waals surface area contributed by atoms with Gasteiger partial charge in [0.1, 0.15) is 11.4 Å². The number of hydrogen-bond acceptors (Lipinski definition) is 4. The first-order valence-electron chi connectivity index (χ1n) is 7.36. The third-order valence-electron chi connectivity index (χ3n) is 2.94. The van der Waals surface area contributed by atoms with Gasteiger partial charge in [0.05, 0.1) is 12.5 Å². The van der Waals surface area contributed by atoms with Crippen molar-refractivity contribution in [2.24, 2.45) is 0 Å². The van der Waals surface area contributed by atoms with Gasteiger partial charge in [-0.05, 0) is 51.8 Å². The van der Waals surface area contributed by atoms with E-state index < -0.39 is 11.6 Å². The number of rotatable bonds is 7. The number of esters is 1. The van der Waals surface area contributed by atoms with E-state index in [0.717, 1.165) is 5.56 Å². The summed E-state index contributed by atoms with van der Waals surface area (Å²) in [4.78, 5) is 22.4. The molecule has 1 aromatic rings. The average molecular weight is 308 g/mol. The third kappa shape index (κ3) is 6.61. The maximum Gasteiger partial charge on any atom is 0.313 e. The van der Waals surface area contributed by atoms with Crippen molar-refractivity contribution < 1.29 is 24.2 Å². The maximum atomic E-state index is 12.0. The van der Waals surface area contributed by atoms with E-state index in [-0.39, 0.29) is 18.3 Å². The van der Waals surface area contributed by atoms with Crippen molar-refractivity contribution in [2.45, 2.75) is 52.1 Å². The van der Waals surface area contributed by atoms with Gasteiger partial charge < -0.3 is 14.6 Å². The monoisotopic (exact) mass is 308 g/mol. The molecule has 122 valence electrons. The number of benzene rings is 1. The molecule has 0 radical (unpaired) electrons. The van der Waals surface area contributed by atoms with Crippen LogP contribution >= 0.6 is 0 Å². The molecular weight excluding hydrogens is 284 g/mol. The Morgan fingerprint density at radius 1 is 1.18 bits per heavy atom. The minimum Gasteiger partial charge on any atom is -0.494 e. The highest BCUT2D eigenvalue weighted by Crippen LogP contribution is 2.22. The highest BCUT2D eigenvalue weighted by atomic mass is 16.6. The van der Waals surface area contributed by atoms with Gasteiger partial charge in [-0.3, -0.25) is 9.59 Å². The minimum absolute atomic E-state index is 0.0910. The Morgan fingerprint density at radius 3 is 2.27 bits per heavy atom. The Morgan fingerprint density at radius 2 is 1.77 bits per heavy atom. The van der Waals surface area contributed by atoms with E-state index in [1.165, 1.54) is 0 Å². The van der Waals surface area contributed by atoms with E-state index in [4.69, 9.17) is 14.6 Å². The van der Waals surface area contributed by atoms with Gasteiger partial charge in [-0.25, -0.2) is 0 Å². The van der Waals surface area contributed by atoms with E-state index in [1.807, 2.05) is 32.9 Å². The minimum atomic E-state index is -0.829. The van der Waals surface area contributed by atoms with Crippen molar-refractivity contribution in [1.29, 1.82) is 0 Å². The molecule has 22 heavy (non-hydrogen) atoms. The lowest BCUT2D eigenvalue weighted by Crippen LogP contribution is -2.26. The highest BCUT2D eigenvalue weighted by Gasteiger charge is 2.22. The number of ether oxygens (including phenoxy) is 2. The summed E-state index contributed by atoms with van der Waals surface area (Å²) in [5.74, 6) is -0.779. The number of carboxylic acids is 1. The third-order valence-corrected chi connectivity index (χ3v) is 2.94.